The highest BCUT2D eigenvalue weighted by Crippen LogP contribution is 2.36. The van der Waals surface area contributed by atoms with Crippen molar-refractivity contribution < 1.29 is 19.5 Å². The van der Waals surface area contributed by atoms with Crippen LogP contribution in [-0.2, 0) is 11.2 Å². The van der Waals surface area contributed by atoms with Gasteiger partial charge in [0.2, 0.25) is 0 Å². The van der Waals surface area contributed by atoms with E-state index < -0.39 is 0 Å². The van der Waals surface area contributed by atoms with Gasteiger partial charge in [0.15, 0.2) is 11.5 Å². The Balaban J connectivity index is 1.56. The van der Waals surface area contributed by atoms with Gasteiger partial charge in [0.1, 0.15) is 0 Å². The summed E-state index contributed by atoms with van der Waals surface area (Å²) in [5, 5.41) is 8.93. The summed E-state index contributed by atoms with van der Waals surface area (Å²) in [6.07, 6.45) is 5.74. The molecular weight excluding hydrogens is 406 g/mol. The third-order valence-electron chi connectivity index (χ3n) is 6.45. The first-order valence-corrected chi connectivity index (χ1v) is 11.5. The summed E-state index contributed by atoms with van der Waals surface area (Å²) in [5.41, 5.74) is 4.11. The molecule has 2 aromatic rings. The predicted octanol–water partition coefficient (Wildman–Crippen LogP) is 3.26. The number of nitrogens with one attached hydrogen (secondary N) is 1. The molecular formula is C25H33N3O4. The normalized spacial score (nSPS) is 19.7. The lowest BCUT2D eigenvalue weighted by Crippen LogP contribution is -2.55. The van der Waals surface area contributed by atoms with Crippen molar-refractivity contribution in [2.45, 2.75) is 44.2 Å². The van der Waals surface area contributed by atoms with E-state index in [2.05, 4.69) is 46.2 Å². The van der Waals surface area contributed by atoms with E-state index >= 15 is 0 Å². The predicted molar refractivity (Wildman–Crippen MR) is 124 cm³/mol. The molecule has 172 valence electrons. The molecule has 2 aliphatic rings. The summed E-state index contributed by atoms with van der Waals surface area (Å²) in [6.45, 7) is 2.44. The lowest BCUT2D eigenvalue weighted by atomic mass is 10.0. The zero-order valence-electron chi connectivity index (χ0n) is 18.7. The molecule has 0 aromatic heterocycles. The first-order chi connectivity index (χ1) is 15.7. The topological polar surface area (TPSA) is 74.3 Å². The maximum Gasteiger partial charge on any atom is 0.257 e. The van der Waals surface area contributed by atoms with Crippen LogP contribution in [0.15, 0.2) is 48.5 Å². The third kappa shape index (κ3) is 5.53. The molecule has 32 heavy (non-hydrogen) atoms. The average molecular weight is 440 g/mol. The Hall–Kier alpha value is -2.77. The van der Waals surface area contributed by atoms with E-state index in [1.54, 1.807) is 12.6 Å². The first kappa shape index (κ1) is 22.4. The fourth-order valence-electron chi connectivity index (χ4n) is 4.82. The number of anilines is 1. The van der Waals surface area contributed by atoms with Crippen LogP contribution in [0.4, 0.5) is 5.69 Å². The second kappa shape index (κ2) is 10.7. The van der Waals surface area contributed by atoms with Gasteiger partial charge < -0.3 is 14.4 Å². The van der Waals surface area contributed by atoms with Crippen molar-refractivity contribution in [3.05, 3.63) is 54.1 Å². The van der Waals surface area contributed by atoms with Gasteiger partial charge >= 0.3 is 0 Å². The number of hydroxylamine groups is 1. The summed E-state index contributed by atoms with van der Waals surface area (Å²) in [4.78, 5) is 16.2. The summed E-state index contributed by atoms with van der Waals surface area (Å²) < 4.78 is 11.9. The van der Waals surface area contributed by atoms with Crippen LogP contribution in [0, 0.1) is 0 Å². The summed E-state index contributed by atoms with van der Waals surface area (Å²) in [6, 6.07) is 16.8. The minimum atomic E-state index is -0.381. The van der Waals surface area contributed by atoms with E-state index in [0.29, 0.717) is 0 Å². The van der Waals surface area contributed by atoms with Gasteiger partial charge in [-0.15, -0.1) is 0 Å². The molecule has 4 rings (SSSR count). The third-order valence-corrected chi connectivity index (χ3v) is 6.45. The van der Waals surface area contributed by atoms with Gasteiger partial charge in [-0.2, -0.15) is 0 Å². The molecule has 2 N–H and O–H groups in total. The number of hydrogen-bond donors (Lipinski definition) is 2. The maximum absolute atomic E-state index is 11.7. The molecule has 1 unspecified atom stereocenters. The van der Waals surface area contributed by atoms with Crippen LogP contribution < -0.4 is 19.9 Å². The van der Waals surface area contributed by atoms with Crippen LogP contribution in [0.25, 0.3) is 0 Å². The number of benzene rings is 2. The highest BCUT2D eigenvalue weighted by atomic mass is 16.5. The Morgan fingerprint density at radius 1 is 1.09 bits per heavy atom. The van der Waals surface area contributed by atoms with E-state index in [9.17, 15) is 4.79 Å². The molecule has 1 atom stereocenters. The van der Waals surface area contributed by atoms with Crippen molar-refractivity contribution >= 4 is 11.6 Å². The lowest BCUT2D eigenvalue weighted by Gasteiger charge is -2.43. The van der Waals surface area contributed by atoms with Crippen molar-refractivity contribution in [3.63, 3.8) is 0 Å². The number of amides is 1. The Bertz CT molecular complexity index is 886. The van der Waals surface area contributed by atoms with Gasteiger partial charge in [-0.25, -0.2) is 5.48 Å². The number of methoxy groups -OCH3 is 1. The van der Waals surface area contributed by atoms with Crippen LogP contribution in [0.1, 0.15) is 31.2 Å². The average Bonchev–Trinajstić information content (AvgIpc) is 3.33. The molecule has 1 saturated carbocycles. The van der Waals surface area contributed by atoms with Crippen molar-refractivity contribution in [2.24, 2.45) is 0 Å². The van der Waals surface area contributed by atoms with E-state index in [1.165, 1.54) is 18.4 Å². The number of piperazine rings is 1. The fraction of sp³-hybridized carbons (Fsp3) is 0.480. The molecule has 2 fully saturated rings. The number of carbonyl (C=O) groups is 1. The van der Waals surface area contributed by atoms with E-state index in [0.717, 1.165) is 56.1 Å². The molecule has 0 bridgehead atoms. The molecule has 7 nitrogen and oxygen atoms in total. The van der Waals surface area contributed by atoms with Crippen molar-refractivity contribution in [1.82, 2.24) is 10.4 Å². The van der Waals surface area contributed by atoms with Crippen molar-refractivity contribution in [3.8, 4) is 11.5 Å². The van der Waals surface area contributed by atoms with Gasteiger partial charge in [-0.3, -0.25) is 14.9 Å². The number of hydrogen-bond acceptors (Lipinski definition) is 6. The number of nitrogens with zero attached hydrogens (tertiary/aromatic N) is 2. The van der Waals surface area contributed by atoms with E-state index in [-0.39, 0.29) is 24.6 Å². The van der Waals surface area contributed by atoms with Crippen LogP contribution in [-0.4, -0.2) is 61.4 Å². The zero-order valence-corrected chi connectivity index (χ0v) is 18.7. The largest absolute Gasteiger partial charge is 0.493 e. The summed E-state index contributed by atoms with van der Waals surface area (Å²) in [7, 11) is 1.68. The van der Waals surface area contributed by atoms with Crippen LogP contribution in [0.5, 0.6) is 11.5 Å². The Morgan fingerprint density at radius 2 is 1.88 bits per heavy atom. The molecule has 1 aliphatic heterocycles. The number of carbonyl (C=O) groups excluding carboxylic acids is 1. The van der Waals surface area contributed by atoms with Gasteiger partial charge in [0, 0.05) is 37.4 Å². The number of rotatable bonds is 8. The molecule has 7 heteroatoms. The quantitative estimate of drug-likeness (QED) is 0.486. The molecule has 1 aliphatic carbocycles. The fourth-order valence-corrected chi connectivity index (χ4v) is 4.82. The van der Waals surface area contributed by atoms with Crippen LogP contribution in [0.2, 0.25) is 0 Å². The van der Waals surface area contributed by atoms with E-state index in [1.807, 2.05) is 12.1 Å². The van der Waals surface area contributed by atoms with Crippen LogP contribution >= 0.6 is 0 Å². The van der Waals surface area contributed by atoms with E-state index in [4.69, 9.17) is 14.7 Å². The molecule has 0 radical (unpaired) electrons. The summed E-state index contributed by atoms with van der Waals surface area (Å²) >= 11 is 0. The van der Waals surface area contributed by atoms with Gasteiger partial charge in [0.25, 0.3) is 5.91 Å². The lowest BCUT2D eigenvalue weighted by molar-refractivity contribution is -0.130. The molecule has 2 aromatic carbocycles. The van der Waals surface area contributed by atoms with Crippen LogP contribution in [0.3, 0.4) is 0 Å². The standard InChI is InChI=1S/C25H33N3O4/c1-31-23-12-11-20(16-24(23)32-22-9-5-6-10-22)28-14-13-27(18-25(29)26-30)17-21(28)15-19-7-3-2-4-8-19/h2-4,7-8,11-12,16,21-22,30H,5-6,9-10,13-15,17-18H2,1H3,(H,26,29). The maximum atomic E-state index is 11.7. The first-order valence-electron chi connectivity index (χ1n) is 11.5. The Kier molecular flexibility index (Phi) is 7.50. The molecule has 1 saturated heterocycles. The highest BCUT2D eigenvalue weighted by Gasteiger charge is 2.29. The highest BCUT2D eigenvalue weighted by molar-refractivity contribution is 5.76. The summed E-state index contributed by atoms with van der Waals surface area (Å²) in [5.74, 6) is 1.18. The second-order valence-electron chi connectivity index (χ2n) is 8.67. The van der Waals surface area contributed by atoms with Crippen molar-refractivity contribution in [1.29, 1.82) is 0 Å². The smallest absolute Gasteiger partial charge is 0.257 e. The minimum absolute atomic E-state index is 0.186. The Morgan fingerprint density at radius 3 is 2.59 bits per heavy atom. The molecule has 1 amide bonds. The van der Waals surface area contributed by atoms with Crippen molar-refractivity contribution in [2.75, 3.05) is 38.2 Å². The Labute approximate surface area is 189 Å². The zero-order chi connectivity index (χ0) is 22.3. The minimum Gasteiger partial charge on any atom is -0.493 e. The van der Waals surface area contributed by atoms with Gasteiger partial charge in [-0.05, 0) is 49.8 Å². The molecule has 1 heterocycles. The van der Waals surface area contributed by atoms with Gasteiger partial charge in [-0.1, -0.05) is 30.3 Å². The number of ether oxygens (including phenoxy) is 2. The monoisotopic (exact) mass is 439 g/mol. The SMILES string of the molecule is COc1ccc(N2CCN(CC(=O)NO)CC2Cc2ccccc2)cc1OC1CCCC1. The van der Waals surface area contributed by atoms with Gasteiger partial charge in [0.05, 0.1) is 19.8 Å². The second-order valence-corrected chi connectivity index (χ2v) is 8.67. The molecule has 0 spiro atoms.